The van der Waals surface area contributed by atoms with Crippen molar-refractivity contribution in [3.05, 3.63) is 34.9 Å². The molecule has 1 aliphatic carbocycles. The van der Waals surface area contributed by atoms with Crippen LogP contribution in [0.15, 0.2) is 24.3 Å². The second kappa shape index (κ2) is 5.74. The minimum absolute atomic E-state index is 0.00110. The number of benzene rings is 1. The molecule has 0 aromatic heterocycles. The number of carbonyl (C=O) groups excluding carboxylic acids is 1. The second-order valence-corrected chi connectivity index (χ2v) is 6.27. The van der Waals surface area contributed by atoms with E-state index in [2.05, 4.69) is 12.2 Å². The summed E-state index contributed by atoms with van der Waals surface area (Å²) in [5, 5.41) is 4.21. The van der Waals surface area contributed by atoms with E-state index in [4.69, 9.17) is 11.6 Å². The molecule has 2 aliphatic rings. The highest BCUT2D eigenvalue weighted by molar-refractivity contribution is 6.31. The minimum atomic E-state index is 0.00110. The summed E-state index contributed by atoms with van der Waals surface area (Å²) in [5.74, 6) is 0.232. The van der Waals surface area contributed by atoms with Crippen molar-refractivity contribution < 1.29 is 4.79 Å². The Labute approximate surface area is 125 Å². The van der Waals surface area contributed by atoms with Crippen LogP contribution in [0.1, 0.15) is 44.2 Å². The summed E-state index contributed by atoms with van der Waals surface area (Å²) >= 11 is 6.26. The van der Waals surface area contributed by atoms with Crippen LogP contribution in [0.5, 0.6) is 0 Å². The van der Waals surface area contributed by atoms with E-state index in [1.165, 1.54) is 12.8 Å². The van der Waals surface area contributed by atoms with Crippen LogP contribution in [0, 0.1) is 0 Å². The molecule has 20 heavy (non-hydrogen) atoms. The zero-order chi connectivity index (χ0) is 14.1. The number of nitrogens with one attached hydrogen (secondary N) is 1. The lowest BCUT2D eigenvalue weighted by Gasteiger charge is -2.37. The third-order valence-corrected chi connectivity index (χ3v) is 4.65. The van der Waals surface area contributed by atoms with E-state index in [0.29, 0.717) is 6.04 Å². The van der Waals surface area contributed by atoms with Gasteiger partial charge < -0.3 is 10.2 Å². The van der Waals surface area contributed by atoms with Gasteiger partial charge in [0.1, 0.15) is 0 Å². The zero-order valence-corrected chi connectivity index (χ0v) is 12.6. The number of carbonyl (C=O) groups is 1. The van der Waals surface area contributed by atoms with E-state index in [0.717, 1.165) is 30.0 Å². The Hall–Kier alpha value is -1.06. The molecule has 2 fully saturated rings. The van der Waals surface area contributed by atoms with Crippen LogP contribution in [0.4, 0.5) is 0 Å². The fourth-order valence-corrected chi connectivity index (χ4v) is 3.25. The minimum Gasteiger partial charge on any atom is -0.335 e. The van der Waals surface area contributed by atoms with Crippen LogP contribution in [-0.4, -0.2) is 29.4 Å². The third kappa shape index (κ3) is 2.84. The molecule has 0 radical (unpaired) electrons. The van der Waals surface area contributed by atoms with Crippen molar-refractivity contribution in [1.82, 2.24) is 10.2 Å². The highest BCUT2D eigenvalue weighted by Gasteiger charge is 2.35. The summed E-state index contributed by atoms with van der Waals surface area (Å²) in [5.41, 5.74) is 1.04. The van der Waals surface area contributed by atoms with Gasteiger partial charge in [0.25, 0.3) is 0 Å². The van der Waals surface area contributed by atoms with Crippen LogP contribution in [0.2, 0.25) is 5.02 Å². The molecular formula is C16H21ClN2O. The van der Waals surface area contributed by atoms with Gasteiger partial charge in [-0.25, -0.2) is 0 Å². The van der Waals surface area contributed by atoms with Crippen molar-refractivity contribution in [2.75, 3.05) is 6.54 Å². The molecule has 108 valence electrons. The first-order valence-electron chi connectivity index (χ1n) is 7.48. The van der Waals surface area contributed by atoms with Crippen molar-refractivity contribution in [1.29, 1.82) is 0 Å². The number of hydrogen-bond acceptors (Lipinski definition) is 2. The summed E-state index contributed by atoms with van der Waals surface area (Å²) in [7, 11) is 0. The first-order valence-corrected chi connectivity index (χ1v) is 7.85. The number of nitrogens with zero attached hydrogens (tertiary/aromatic N) is 1. The van der Waals surface area contributed by atoms with Gasteiger partial charge in [0.15, 0.2) is 0 Å². The van der Waals surface area contributed by atoms with Gasteiger partial charge in [-0.05, 0) is 44.2 Å². The molecule has 1 aromatic rings. The zero-order valence-electron chi connectivity index (χ0n) is 11.8. The normalized spacial score (nSPS) is 24.8. The molecule has 2 atom stereocenters. The van der Waals surface area contributed by atoms with Crippen molar-refractivity contribution in [2.24, 2.45) is 0 Å². The van der Waals surface area contributed by atoms with Crippen molar-refractivity contribution in [2.45, 2.75) is 50.7 Å². The molecule has 1 N–H and O–H groups in total. The van der Waals surface area contributed by atoms with Crippen LogP contribution in [-0.2, 0) is 4.79 Å². The van der Waals surface area contributed by atoms with E-state index < -0.39 is 0 Å². The van der Waals surface area contributed by atoms with Crippen LogP contribution in [0.25, 0.3) is 0 Å². The molecule has 1 saturated carbocycles. The average molecular weight is 293 g/mol. The maximum atomic E-state index is 12.6. The number of likely N-dealkylation sites (tertiary alicyclic amines) is 1. The van der Waals surface area contributed by atoms with Crippen molar-refractivity contribution in [3.63, 3.8) is 0 Å². The lowest BCUT2D eigenvalue weighted by molar-refractivity contribution is -0.138. The SMILES string of the molecule is CC(c1ccccc1Cl)N1CCCC(NC2CC2)C1=O. The highest BCUT2D eigenvalue weighted by Crippen LogP contribution is 2.30. The fraction of sp³-hybridized carbons (Fsp3) is 0.562. The third-order valence-electron chi connectivity index (χ3n) is 4.31. The number of amides is 1. The molecule has 3 nitrogen and oxygen atoms in total. The van der Waals surface area contributed by atoms with Gasteiger partial charge in [0.2, 0.25) is 5.91 Å². The Balaban J connectivity index is 1.74. The van der Waals surface area contributed by atoms with Crippen molar-refractivity contribution in [3.8, 4) is 0 Å². The maximum Gasteiger partial charge on any atom is 0.240 e. The molecule has 1 heterocycles. The van der Waals surface area contributed by atoms with E-state index in [9.17, 15) is 4.79 Å². The van der Waals surface area contributed by atoms with E-state index >= 15 is 0 Å². The number of rotatable bonds is 4. The van der Waals surface area contributed by atoms with Gasteiger partial charge in [-0.2, -0.15) is 0 Å². The van der Waals surface area contributed by atoms with Gasteiger partial charge in [0, 0.05) is 17.6 Å². The van der Waals surface area contributed by atoms with Crippen LogP contribution >= 0.6 is 11.6 Å². The summed E-state index contributed by atoms with van der Waals surface area (Å²) in [6.45, 7) is 2.90. The standard InChI is InChI=1S/C16H21ClN2O/c1-11(13-5-2-3-6-14(13)17)19-10-4-7-15(16(19)20)18-12-8-9-12/h2-3,5-6,11-12,15,18H,4,7-10H2,1H3. The van der Waals surface area contributed by atoms with Gasteiger partial charge in [-0.1, -0.05) is 29.8 Å². The van der Waals surface area contributed by atoms with E-state index in [1.54, 1.807) is 0 Å². The van der Waals surface area contributed by atoms with Crippen LogP contribution in [0.3, 0.4) is 0 Å². The highest BCUT2D eigenvalue weighted by atomic mass is 35.5. The summed E-state index contributed by atoms with van der Waals surface area (Å²) in [6.07, 6.45) is 4.44. The molecule has 3 rings (SSSR count). The second-order valence-electron chi connectivity index (χ2n) is 5.86. The maximum absolute atomic E-state index is 12.6. The van der Waals surface area contributed by atoms with E-state index in [1.807, 2.05) is 29.2 Å². The summed E-state index contributed by atoms with van der Waals surface area (Å²) < 4.78 is 0. The molecule has 1 aliphatic heterocycles. The topological polar surface area (TPSA) is 32.3 Å². The predicted molar refractivity (Wildman–Crippen MR) is 80.8 cm³/mol. The van der Waals surface area contributed by atoms with Gasteiger partial charge in [0.05, 0.1) is 12.1 Å². The molecule has 0 spiro atoms. The Morgan fingerprint density at radius 2 is 2.05 bits per heavy atom. The first-order chi connectivity index (χ1) is 9.66. The molecular weight excluding hydrogens is 272 g/mol. The Morgan fingerprint density at radius 3 is 2.75 bits per heavy atom. The number of halogens is 1. The van der Waals surface area contributed by atoms with Gasteiger partial charge >= 0.3 is 0 Å². The molecule has 4 heteroatoms. The predicted octanol–water partition coefficient (Wildman–Crippen LogP) is 3.14. The quantitative estimate of drug-likeness (QED) is 0.924. The average Bonchev–Trinajstić information content (AvgIpc) is 3.25. The Bertz CT molecular complexity index is 501. The van der Waals surface area contributed by atoms with Gasteiger partial charge in [-0.3, -0.25) is 4.79 Å². The molecule has 1 amide bonds. The van der Waals surface area contributed by atoms with Gasteiger partial charge in [-0.15, -0.1) is 0 Å². The molecule has 1 saturated heterocycles. The van der Waals surface area contributed by atoms with Crippen LogP contribution < -0.4 is 5.32 Å². The number of hydrogen-bond donors (Lipinski definition) is 1. The summed E-state index contributed by atoms with van der Waals surface area (Å²) in [4.78, 5) is 14.6. The smallest absolute Gasteiger partial charge is 0.240 e. The lowest BCUT2D eigenvalue weighted by atomic mass is 9.99. The molecule has 1 aromatic carbocycles. The lowest BCUT2D eigenvalue weighted by Crippen LogP contribution is -2.51. The van der Waals surface area contributed by atoms with E-state index in [-0.39, 0.29) is 18.0 Å². The molecule has 0 bridgehead atoms. The molecule has 2 unspecified atom stereocenters. The largest absolute Gasteiger partial charge is 0.335 e. The Morgan fingerprint density at radius 1 is 1.30 bits per heavy atom. The first kappa shape index (κ1) is 13.9. The fourth-order valence-electron chi connectivity index (χ4n) is 2.96. The van der Waals surface area contributed by atoms with Crippen molar-refractivity contribution >= 4 is 17.5 Å². The monoisotopic (exact) mass is 292 g/mol. The Kier molecular flexibility index (Phi) is 3.99. The number of piperidine rings is 1. The summed E-state index contributed by atoms with van der Waals surface area (Å²) in [6, 6.07) is 8.42.